The molecule has 3 N–H and O–H groups in total. The first-order valence-electron chi connectivity index (χ1n) is 16.4. The molecule has 2 aromatic carbocycles. The Balaban J connectivity index is 1.19. The highest BCUT2D eigenvalue weighted by Gasteiger charge is 2.50. The molecule has 0 radical (unpaired) electrons. The molecule has 1 spiro atoms. The van der Waals surface area contributed by atoms with Crippen molar-refractivity contribution < 1.29 is 53.4 Å². The van der Waals surface area contributed by atoms with Gasteiger partial charge in [-0.15, -0.1) is 11.3 Å². The molecular weight excluding hydrogens is 742 g/mol. The standard InChI is InChI=1S/C34H35F7N4O5S2/c1-20(46)44-52(47,48)30-13-28(50-19-34(39,40)41)27(12-25(30)35)42-11-3-6-29-24(14-33(36,37)38)23-4-2-5-26(31(23)51-29)43-21-7-9-22(10-8-21)45-15-32(16-45)17-49-18-32/h2,4-5,12-13,21-22,42-43H,7-11,14-19H2,1H3,(H,44,46). The van der Waals surface area contributed by atoms with Gasteiger partial charge in [0.2, 0.25) is 5.91 Å². The molecule has 3 fully saturated rings. The van der Waals surface area contributed by atoms with Gasteiger partial charge in [-0.1, -0.05) is 24.0 Å². The number of hydrogen-bond donors (Lipinski definition) is 3. The molecule has 3 heterocycles. The van der Waals surface area contributed by atoms with Gasteiger partial charge in [0.05, 0.1) is 47.1 Å². The summed E-state index contributed by atoms with van der Waals surface area (Å²) < 4.78 is 132. The predicted molar refractivity (Wildman–Crippen MR) is 180 cm³/mol. The minimum atomic E-state index is -4.84. The lowest BCUT2D eigenvalue weighted by Gasteiger charge is -2.58. The van der Waals surface area contributed by atoms with E-state index in [2.05, 4.69) is 27.4 Å². The van der Waals surface area contributed by atoms with E-state index in [-0.39, 0.29) is 16.5 Å². The summed E-state index contributed by atoms with van der Waals surface area (Å²) in [7, 11) is -4.79. The number of rotatable bonds is 10. The van der Waals surface area contributed by atoms with Crippen molar-refractivity contribution in [3.63, 3.8) is 0 Å². The summed E-state index contributed by atoms with van der Waals surface area (Å²) in [5.74, 6) is 2.18. The largest absolute Gasteiger partial charge is 0.482 e. The Morgan fingerprint density at radius 3 is 2.38 bits per heavy atom. The topological polar surface area (TPSA) is 109 Å². The van der Waals surface area contributed by atoms with Crippen molar-refractivity contribution in [2.24, 2.45) is 5.41 Å². The number of nitrogens with one attached hydrogen (secondary N) is 3. The van der Waals surface area contributed by atoms with Crippen molar-refractivity contribution >= 4 is 48.7 Å². The second kappa shape index (κ2) is 14.6. The van der Waals surface area contributed by atoms with E-state index in [9.17, 15) is 43.9 Å². The van der Waals surface area contributed by atoms with E-state index in [0.717, 1.165) is 70.2 Å². The number of sulfonamides is 1. The van der Waals surface area contributed by atoms with Crippen LogP contribution in [0.25, 0.3) is 10.1 Å². The second-order valence-corrected chi connectivity index (χ2v) is 16.1. The van der Waals surface area contributed by atoms with E-state index in [1.807, 2.05) is 6.07 Å². The first kappa shape index (κ1) is 38.0. The molecule has 0 bridgehead atoms. The third-order valence-electron chi connectivity index (χ3n) is 9.22. The maximum Gasteiger partial charge on any atom is 0.422 e. The van der Waals surface area contributed by atoms with E-state index in [1.165, 1.54) is 4.72 Å². The average molecular weight is 777 g/mol. The van der Waals surface area contributed by atoms with Gasteiger partial charge in [0, 0.05) is 49.6 Å². The Kier molecular flexibility index (Phi) is 10.6. The minimum Gasteiger partial charge on any atom is -0.482 e. The number of fused-ring (bicyclic) bond motifs is 1. The molecule has 3 aliphatic rings. The summed E-state index contributed by atoms with van der Waals surface area (Å²) >= 11 is 1.08. The molecule has 1 aromatic heterocycles. The lowest BCUT2D eigenvalue weighted by molar-refractivity contribution is -0.200. The Morgan fingerprint density at radius 1 is 1.06 bits per heavy atom. The van der Waals surface area contributed by atoms with Crippen LogP contribution in [0.2, 0.25) is 0 Å². The smallest absolute Gasteiger partial charge is 0.422 e. The number of thiophene rings is 1. The predicted octanol–water partition coefficient (Wildman–Crippen LogP) is 6.43. The lowest BCUT2D eigenvalue weighted by atomic mass is 9.75. The SMILES string of the molecule is CC(=O)NS(=O)(=O)c1cc(OCC(F)(F)F)c(NCC#Cc2sc3c(NC4CCC(N5CC6(COC6)C5)CC4)cccc3c2CC(F)(F)F)cc1F. The average Bonchev–Trinajstić information content (AvgIpc) is 3.33. The zero-order valence-corrected chi connectivity index (χ0v) is 29.4. The van der Waals surface area contributed by atoms with Gasteiger partial charge < -0.3 is 20.1 Å². The molecule has 282 valence electrons. The minimum absolute atomic E-state index is 0.0215. The van der Waals surface area contributed by atoms with Crippen LogP contribution in [0.5, 0.6) is 5.75 Å². The summed E-state index contributed by atoms with van der Waals surface area (Å²) in [6.45, 7) is 2.38. The van der Waals surface area contributed by atoms with Gasteiger partial charge in [-0.05, 0) is 42.7 Å². The van der Waals surface area contributed by atoms with E-state index >= 15 is 0 Å². The number of alkyl halides is 6. The zero-order valence-electron chi connectivity index (χ0n) is 27.8. The summed E-state index contributed by atoms with van der Waals surface area (Å²) in [6, 6.07) is 6.82. The number of likely N-dealkylation sites (tertiary alicyclic amines) is 1. The van der Waals surface area contributed by atoms with Crippen LogP contribution in [0, 0.1) is 23.1 Å². The Morgan fingerprint density at radius 2 is 1.77 bits per heavy atom. The van der Waals surface area contributed by atoms with Crippen LogP contribution in [0.1, 0.15) is 43.0 Å². The maximum atomic E-state index is 14.9. The summed E-state index contributed by atoms with van der Waals surface area (Å²) in [5.41, 5.74) is 0.613. The number of ether oxygens (including phenoxy) is 2. The molecule has 3 aromatic rings. The van der Waals surface area contributed by atoms with Gasteiger partial charge in [-0.25, -0.2) is 17.5 Å². The van der Waals surface area contributed by atoms with Crippen LogP contribution >= 0.6 is 11.3 Å². The number of nitrogens with zero attached hydrogens (tertiary/aromatic N) is 1. The highest BCUT2D eigenvalue weighted by Crippen LogP contribution is 2.43. The summed E-state index contributed by atoms with van der Waals surface area (Å²) in [6.07, 6.45) is -6.78. The van der Waals surface area contributed by atoms with Crippen LogP contribution in [0.3, 0.4) is 0 Å². The van der Waals surface area contributed by atoms with Crippen molar-refractivity contribution in [3.8, 4) is 17.6 Å². The Bertz CT molecular complexity index is 1990. The molecule has 6 rings (SSSR count). The van der Waals surface area contributed by atoms with E-state index in [0.29, 0.717) is 39.4 Å². The molecule has 1 aliphatic carbocycles. The molecule has 2 saturated heterocycles. The van der Waals surface area contributed by atoms with Crippen LogP contribution in [-0.2, 0) is 26.0 Å². The highest BCUT2D eigenvalue weighted by atomic mass is 32.2. The van der Waals surface area contributed by atoms with Gasteiger partial charge in [0.1, 0.15) is 16.5 Å². The van der Waals surface area contributed by atoms with E-state index < -0.39 is 70.0 Å². The third kappa shape index (κ3) is 8.87. The van der Waals surface area contributed by atoms with Crippen LogP contribution in [-0.4, -0.2) is 83.1 Å². The number of carbonyl (C=O) groups excluding carboxylic acids is 1. The van der Waals surface area contributed by atoms with Crippen LogP contribution < -0.4 is 20.1 Å². The normalized spacial score (nSPS) is 20.4. The third-order valence-corrected chi connectivity index (χ3v) is 11.9. The number of benzene rings is 2. The van der Waals surface area contributed by atoms with E-state index in [1.54, 1.807) is 12.1 Å². The highest BCUT2D eigenvalue weighted by molar-refractivity contribution is 7.90. The van der Waals surface area contributed by atoms with Crippen molar-refractivity contribution in [1.29, 1.82) is 0 Å². The molecule has 0 unspecified atom stereocenters. The molecule has 9 nitrogen and oxygen atoms in total. The molecular formula is C34H35F7N4O5S2. The van der Waals surface area contributed by atoms with Crippen LogP contribution in [0.4, 0.5) is 42.1 Å². The summed E-state index contributed by atoms with van der Waals surface area (Å²) in [5, 5.41) is 6.49. The fourth-order valence-electron chi connectivity index (χ4n) is 6.88. The number of amides is 1. The van der Waals surface area contributed by atoms with Gasteiger partial charge in [-0.2, -0.15) is 26.3 Å². The molecule has 1 saturated carbocycles. The van der Waals surface area contributed by atoms with Crippen molar-refractivity contribution in [1.82, 2.24) is 9.62 Å². The Labute approximate surface area is 299 Å². The second-order valence-electron chi connectivity index (χ2n) is 13.4. The first-order chi connectivity index (χ1) is 24.4. The number of anilines is 2. The first-order valence-corrected chi connectivity index (χ1v) is 18.7. The number of halogens is 7. The Hall–Kier alpha value is -3.79. The van der Waals surface area contributed by atoms with E-state index in [4.69, 9.17) is 9.47 Å². The summed E-state index contributed by atoms with van der Waals surface area (Å²) in [4.78, 5) is 12.8. The number of carbonyl (C=O) groups is 1. The van der Waals surface area contributed by atoms with Gasteiger partial charge in [0.15, 0.2) is 6.61 Å². The van der Waals surface area contributed by atoms with Crippen LogP contribution in [0.15, 0.2) is 35.2 Å². The molecule has 0 atom stereocenters. The van der Waals surface area contributed by atoms with Gasteiger partial charge in [-0.3, -0.25) is 9.69 Å². The van der Waals surface area contributed by atoms with Gasteiger partial charge >= 0.3 is 12.4 Å². The van der Waals surface area contributed by atoms with Gasteiger partial charge in [0.25, 0.3) is 10.0 Å². The fourth-order valence-corrected chi connectivity index (χ4v) is 9.12. The molecule has 18 heteroatoms. The quantitative estimate of drug-likeness (QED) is 0.160. The lowest BCUT2D eigenvalue weighted by Crippen LogP contribution is -2.68. The van der Waals surface area contributed by atoms with Crippen molar-refractivity contribution in [2.75, 3.05) is 50.1 Å². The fraction of sp³-hybridized carbons (Fsp3) is 0.500. The molecule has 1 amide bonds. The number of hydrogen-bond acceptors (Lipinski definition) is 9. The monoisotopic (exact) mass is 776 g/mol. The van der Waals surface area contributed by atoms with Crippen molar-refractivity contribution in [3.05, 3.63) is 46.6 Å². The van der Waals surface area contributed by atoms with Crippen molar-refractivity contribution in [2.45, 2.75) is 68.4 Å². The zero-order chi connectivity index (χ0) is 37.5. The molecule has 52 heavy (non-hydrogen) atoms. The molecule has 2 aliphatic heterocycles. The maximum absolute atomic E-state index is 14.9.